The van der Waals surface area contributed by atoms with Crippen LogP contribution in [0.4, 0.5) is 8.78 Å². The molecule has 1 atom stereocenters. The average Bonchev–Trinajstić information content (AvgIpc) is 2.33. The molecule has 0 aromatic heterocycles. The van der Waals surface area contributed by atoms with Gasteiger partial charge in [-0.25, -0.2) is 8.78 Å². The topological polar surface area (TPSA) is 47.3 Å². The summed E-state index contributed by atoms with van der Waals surface area (Å²) in [6.07, 6.45) is -0.0772. The maximum absolute atomic E-state index is 13.0. The molecular weight excluding hydrogens is 238 g/mol. The minimum atomic E-state index is -0.978. The molecule has 1 aromatic rings. The first-order valence-corrected chi connectivity index (χ1v) is 5.80. The second kappa shape index (κ2) is 7.04. The van der Waals surface area contributed by atoms with Crippen molar-refractivity contribution in [2.75, 3.05) is 19.6 Å². The van der Waals surface area contributed by atoms with E-state index in [1.165, 1.54) is 6.07 Å². The summed E-state index contributed by atoms with van der Waals surface area (Å²) in [4.78, 5) is 1.77. The number of aliphatic hydroxyl groups excluding tert-OH is 1. The van der Waals surface area contributed by atoms with Crippen LogP contribution in [0.2, 0.25) is 0 Å². The zero-order chi connectivity index (χ0) is 13.5. The standard InChI is InChI=1S/C13H16F2N2O/c1-2-6-17(7-5-16)9-13(18)10-3-4-11(14)12(15)8-10/h3-4,8,13,18H,2,6-7,9H2,1H3. The Morgan fingerprint density at radius 3 is 2.67 bits per heavy atom. The Kier molecular flexibility index (Phi) is 5.69. The van der Waals surface area contributed by atoms with Gasteiger partial charge in [-0.1, -0.05) is 13.0 Å². The fraction of sp³-hybridized carbons (Fsp3) is 0.462. The summed E-state index contributed by atoms with van der Waals surface area (Å²) in [7, 11) is 0. The van der Waals surface area contributed by atoms with E-state index in [1.807, 2.05) is 13.0 Å². The highest BCUT2D eigenvalue weighted by Gasteiger charge is 2.14. The van der Waals surface area contributed by atoms with Crippen LogP contribution in [0.5, 0.6) is 0 Å². The molecule has 3 nitrogen and oxygen atoms in total. The molecule has 1 unspecified atom stereocenters. The van der Waals surface area contributed by atoms with Gasteiger partial charge in [-0.3, -0.25) is 4.90 Å². The summed E-state index contributed by atoms with van der Waals surface area (Å²) in [5.74, 6) is -1.91. The van der Waals surface area contributed by atoms with Crippen LogP contribution in [-0.2, 0) is 0 Å². The third kappa shape index (κ3) is 4.06. The lowest BCUT2D eigenvalue weighted by Gasteiger charge is -2.22. The molecule has 0 radical (unpaired) electrons. The van der Waals surface area contributed by atoms with Crippen molar-refractivity contribution < 1.29 is 13.9 Å². The van der Waals surface area contributed by atoms with Gasteiger partial charge in [-0.2, -0.15) is 5.26 Å². The Morgan fingerprint density at radius 2 is 2.11 bits per heavy atom. The molecule has 0 aliphatic rings. The number of nitrogens with zero attached hydrogens (tertiary/aromatic N) is 2. The summed E-state index contributed by atoms with van der Waals surface area (Å²) < 4.78 is 25.8. The van der Waals surface area contributed by atoms with E-state index >= 15 is 0 Å². The van der Waals surface area contributed by atoms with Crippen molar-refractivity contribution in [3.8, 4) is 6.07 Å². The number of benzene rings is 1. The summed E-state index contributed by atoms with van der Waals surface area (Å²) >= 11 is 0. The van der Waals surface area contributed by atoms with E-state index in [-0.39, 0.29) is 13.1 Å². The van der Waals surface area contributed by atoms with Crippen LogP contribution >= 0.6 is 0 Å². The summed E-state index contributed by atoms with van der Waals surface area (Å²) in [6.45, 7) is 3.07. The first-order valence-electron chi connectivity index (χ1n) is 5.80. The molecule has 1 rings (SSSR count). The zero-order valence-electron chi connectivity index (χ0n) is 10.2. The van der Waals surface area contributed by atoms with Crippen LogP contribution in [0.3, 0.4) is 0 Å². The van der Waals surface area contributed by atoms with Gasteiger partial charge < -0.3 is 5.11 Å². The molecule has 0 fully saturated rings. The van der Waals surface area contributed by atoms with Gasteiger partial charge in [0.1, 0.15) is 0 Å². The van der Waals surface area contributed by atoms with Crippen molar-refractivity contribution in [3.63, 3.8) is 0 Å². The number of nitriles is 1. The highest BCUT2D eigenvalue weighted by molar-refractivity contribution is 5.20. The molecular formula is C13H16F2N2O. The van der Waals surface area contributed by atoms with Gasteiger partial charge in [0, 0.05) is 6.54 Å². The number of halogens is 2. The van der Waals surface area contributed by atoms with Crippen LogP contribution in [0, 0.1) is 23.0 Å². The van der Waals surface area contributed by atoms with Gasteiger partial charge in [0.2, 0.25) is 0 Å². The highest BCUT2D eigenvalue weighted by Crippen LogP contribution is 2.17. The SMILES string of the molecule is CCCN(CC#N)CC(O)c1ccc(F)c(F)c1. The van der Waals surface area contributed by atoms with Crippen LogP contribution in [0.1, 0.15) is 25.0 Å². The smallest absolute Gasteiger partial charge is 0.159 e. The van der Waals surface area contributed by atoms with Gasteiger partial charge in [0.05, 0.1) is 18.7 Å². The highest BCUT2D eigenvalue weighted by atomic mass is 19.2. The molecule has 18 heavy (non-hydrogen) atoms. The number of hydrogen-bond donors (Lipinski definition) is 1. The van der Waals surface area contributed by atoms with E-state index in [4.69, 9.17) is 5.26 Å². The van der Waals surface area contributed by atoms with Crippen molar-refractivity contribution >= 4 is 0 Å². The van der Waals surface area contributed by atoms with Crippen LogP contribution < -0.4 is 0 Å². The van der Waals surface area contributed by atoms with E-state index in [0.717, 1.165) is 18.6 Å². The third-order valence-corrected chi connectivity index (χ3v) is 2.59. The van der Waals surface area contributed by atoms with E-state index in [0.29, 0.717) is 12.1 Å². The summed E-state index contributed by atoms with van der Waals surface area (Å²) in [6, 6.07) is 5.33. The van der Waals surface area contributed by atoms with Gasteiger partial charge in [0.15, 0.2) is 11.6 Å². The summed E-state index contributed by atoms with van der Waals surface area (Å²) in [5.41, 5.74) is 0.313. The normalized spacial score (nSPS) is 12.4. The molecule has 0 aliphatic heterocycles. The van der Waals surface area contributed by atoms with Gasteiger partial charge in [-0.15, -0.1) is 0 Å². The summed E-state index contributed by atoms with van der Waals surface area (Å²) in [5, 5.41) is 18.6. The van der Waals surface area contributed by atoms with Crippen molar-refractivity contribution in [3.05, 3.63) is 35.4 Å². The van der Waals surface area contributed by atoms with E-state index in [1.54, 1.807) is 4.90 Å². The minimum absolute atomic E-state index is 0.203. The van der Waals surface area contributed by atoms with Crippen LogP contribution in [0.25, 0.3) is 0 Å². The molecule has 0 amide bonds. The van der Waals surface area contributed by atoms with Crippen LogP contribution in [0.15, 0.2) is 18.2 Å². The Balaban J connectivity index is 2.70. The Bertz CT molecular complexity index is 431. The molecule has 0 aliphatic carbocycles. The molecule has 0 heterocycles. The first kappa shape index (κ1) is 14.6. The van der Waals surface area contributed by atoms with E-state index in [2.05, 4.69) is 0 Å². The molecule has 1 aromatic carbocycles. The van der Waals surface area contributed by atoms with E-state index in [9.17, 15) is 13.9 Å². The Hall–Kier alpha value is -1.51. The van der Waals surface area contributed by atoms with Crippen molar-refractivity contribution in [2.45, 2.75) is 19.4 Å². The molecule has 1 N–H and O–H groups in total. The Labute approximate surface area is 105 Å². The number of aliphatic hydroxyl groups is 1. The largest absolute Gasteiger partial charge is 0.387 e. The van der Waals surface area contributed by atoms with Crippen molar-refractivity contribution in [1.82, 2.24) is 4.90 Å². The van der Waals surface area contributed by atoms with Crippen molar-refractivity contribution in [1.29, 1.82) is 5.26 Å². The molecule has 0 spiro atoms. The maximum atomic E-state index is 13.0. The lowest BCUT2D eigenvalue weighted by atomic mass is 10.1. The molecule has 98 valence electrons. The first-order chi connectivity index (χ1) is 8.58. The zero-order valence-corrected chi connectivity index (χ0v) is 10.2. The van der Waals surface area contributed by atoms with Gasteiger partial charge in [0.25, 0.3) is 0 Å². The molecule has 0 bridgehead atoms. The number of rotatable bonds is 6. The minimum Gasteiger partial charge on any atom is -0.387 e. The Morgan fingerprint density at radius 1 is 1.39 bits per heavy atom. The predicted molar refractivity (Wildman–Crippen MR) is 63.7 cm³/mol. The molecule has 0 saturated heterocycles. The fourth-order valence-electron chi connectivity index (χ4n) is 1.72. The van der Waals surface area contributed by atoms with Gasteiger partial charge >= 0.3 is 0 Å². The second-order valence-electron chi connectivity index (χ2n) is 4.08. The molecule has 5 heteroatoms. The number of hydrogen-bond acceptors (Lipinski definition) is 3. The van der Waals surface area contributed by atoms with Crippen LogP contribution in [-0.4, -0.2) is 29.6 Å². The van der Waals surface area contributed by atoms with E-state index < -0.39 is 17.7 Å². The second-order valence-corrected chi connectivity index (χ2v) is 4.08. The average molecular weight is 254 g/mol. The maximum Gasteiger partial charge on any atom is 0.159 e. The lowest BCUT2D eigenvalue weighted by Crippen LogP contribution is -2.30. The third-order valence-electron chi connectivity index (χ3n) is 2.59. The predicted octanol–water partition coefficient (Wildman–Crippen LogP) is 2.23. The molecule has 0 saturated carbocycles. The quantitative estimate of drug-likeness (QED) is 0.792. The lowest BCUT2D eigenvalue weighted by molar-refractivity contribution is 0.120. The monoisotopic (exact) mass is 254 g/mol. The van der Waals surface area contributed by atoms with Gasteiger partial charge in [-0.05, 0) is 30.7 Å². The fourth-order valence-corrected chi connectivity index (χ4v) is 1.72. The van der Waals surface area contributed by atoms with Crippen molar-refractivity contribution in [2.24, 2.45) is 0 Å².